The van der Waals surface area contributed by atoms with Gasteiger partial charge in [0, 0.05) is 12.5 Å². The second-order valence-electron chi connectivity index (χ2n) is 7.83. The number of benzene rings is 2. The number of thioether (sulfide) groups is 2. The molecule has 33 heavy (non-hydrogen) atoms. The topological polar surface area (TPSA) is 84.9 Å². The van der Waals surface area contributed by atoms with Crippen molar-refractivity contribution in [3.63, 3.8) is 0 Å². The number of nitrogens with zero attached hydrogens (tertiary/aromatic N) is 1. The Balaban J connectivity index is 1.29. The molecule has 2 aliphatic rings. The Bertz CT molecular complexity index is 1010. The number of para-hydroxylation sites is 2. The molecule has 0 radical (unpaired) electrons. The minimum absolute atomic E-state index is 0.158. The van der Waals surface area contributed by atoms with Gasteiger partial charge in [0.15, 0.2) is 13.2 Å². The molecule has 1 saturated heterocycles. The van der Waals surface area contributed by atoms with Crippen molar-refractivity contribution in [2.45, 2.75) is 30.4 Å². The van der Waals surface area contributed by atoms with E-state index in [0.29, 0.717) is 21.7 Å². The van der Waals surface area contributed by atoms with Crippen LogP contribution in [0.1, 0.15) is 29.9 Å². The minimum atomic E-state index is -0.629. The molecule has 1 fully saturated rings. The van der Waals surface area contributed by atoms with Crippen molar-refractivity contribution >= 4 is 52.7 Å². The molecular formula is C24H26N2O5S2. The van der Waals surface area contributed by atoms with E-state index in [1.807, 2.05) is 47.8 Å². The second-order valence-corrected chi connectivity index (χ2v) is 10.6. The Morgan fingerprint density at radius 3 is 2.55 bits per heavy atom. The van der Waals surface area contributed by atoms with Gasteiger partial charge in [-0.3, -0.25) is 9.59 Å². The van der Waals surface area contributed by atoms with Crippen LogP contribution in [0.3, 0.4) is 0 Å². The van der Waals surface area contributed by atoms with Crippen LogP contribution in [0, 0.1) is 0 Å². The number of amides is 2. The molecule has 2 aromatic carbocycles. The number of nitrogens with one attached hydrogen (secondary N) is 1. The molecule has 0 aliphatic carbocycles. The molecular weight excluding hydrogens is 460 g/mol. The zero-order chi connectivity index (χ0) is 23.2. The molecule has 2 aromatic rings. The predicted molar refractivity (Wildman–Crippen MR) is 132 cm³/mol. The summed E-state index contributed by atoms with van der Waals surface area (Å²) in [5.74, 6) is 1.74. The van der Waals surface area contributed by atoms with Gasteiger partial charge in [-0.2, -0.15) is 0 Å². The lowest BCUT2D eigenvalue weighted by atomic mass is 10.1. The van der Waals surface area contributed by atoms with Crippen molar-refractivity contribution in [2.24, 2.45) is 0 Å². The SMILES string of the molecule is C[C@H]1CC(=O)Nc2ccccc2N1C(=O)COC(=O)COc1ccc(C2SCCCS2)cc1. The average Bonchev–Trinajstić information content (AvgIpc) is 2.96. The molecule has 2 aliphatic heterocycles. The quantitative estimate of drug-likeness (QED) is 0.611. The first-order chi connectivity index (χ1) is 16.0. The smallest absolute Gasteiger partial charge is 0.344 e. The fraction of sp³-hybridized carbons (Fsp3) is 0.375. The Kier molecular flexibility index (Phi) is 7.82. The number of esters is 1. The maximum absolute atomic E-state index is 12.9. The third-order valence-electron chi connectivity index (χ3n) is 5.32. The van der Waals surface area contributed by atoms with Crippen molar-refractivity contribution in [3.8, 4) is 5.75 Å². The highest BCUT2D eigenvalue weighted by atomic mass is 32.2. The van der Waals surface area contributed by atoms with Crippen molar-refractivity contribution in [3.05, 3.63) is 54.1 Å². The van der Waals surface area contributed by atoms with Crippen LogP contribution in [0.5, 0.6) is 5.75 Å². The normalized spacial score (nSPS) is 18.6. The first-order valence-corrected chi connectivity index (χ1v) is 12.9. The molecule has 0 saturated carbocycles. The van der Waals surface area contributed by atoms with E-state index in [-0.39, 0.29) is 25.0 Å². The number of hydrogen-bond donors (Lipinski definition) is 1. The number of carbonyl (C=O) groups excluding carboxylic acids is 3. The first kappa shape index (κ1) is 23.5. The number of carbonyl (C=O) groups is 3. The van der Waals surface area contributed by atoms with E-state index < -0.39 is 18.5 Å². The van der Waals surface area contributed by atoms with E-state index in [9.17, 15) is 14.4 Å². The van der Waals surface area contributed by atoms with Gasteiger partial charge in [-0.1, -0.05) is 24.3 Å². The number of fused-ring (bicyclic) bond motifs is 1. The number of ether oxygens (including phenoxy) is 2. The van der Waals surface area contributed by atoms with Gasteiger partial charge >= 0.3 is 5.97 Å². The van der Waals surface area contributed by atoms with Crippen LogP contribution in [0.15, 0.2) is 48.5 Å². The summed E-state index contributed by atoms with van der Waals surface area (Å²) in [5.41, 5.74) is 2.39. The largest absolute Gasteiger partial charge is 0.482 e. The Labute approximate surface area is 201 Å². The zero-order valence-electron chi connectivity index (χ0n) is 18.3. The van der Waals surface area contributed by atoms with Crippen LogP contribution in [0.4, 0.5) is 11.4 Å². The summed E-state index contributed by atoms with van der Waals surface area (Å²) in [5, 5.41) is 2.80. The molecule has 2 heterocycles. The lowest BCUT2D eigenvalue weighted by molar-refractivity contribution is -0.149. The third kappa shape index (κ3) is 6.03. The van der Waals surface area contributed by atoms with E-state index in [0.717, 1.165) is 0 Å². The van der Waals surface area contributed by atoms with Crippen molar-refractivity contribution in [1.29, 1.82) is 0 Å². The van der Waals surface area contributed by atoms with Gasteiger partial charge in [-0.05, 0) is 54.7 Å². The minimum Gasteiger partial charge on any atom is -0.482 e. The van der Waals surface area contributed by atoms with Gasteiger partial charge in [-0.15, -0.1) is 23.5 Å². The molecule has 2 amide bonds. The summed E-state index contributed by atoms with van der Waals surface area (Å²) in [6.07, 6.45) is 1.40. The second kappa shape index (κ2) is 11.0. The summed E-state index contributed by atoms with van der Waals surface area (Å²) >= 11 is 3.90. The van der Waals surface area contributed by atoms with Crippen LogP contribution < -0.4 is 15.0 Å². The molecule has 0 aromatic heterocycles. The van der Waals surface area contributed by atoms with E-state index in [1.165, 1.54) is 28.4 Å². The summed E-state index contributed by atoms with van der Waals surface area (Å²) in [4.78, 5) is 38.6. The fourth-order valence-electron chi connectivity index (χ4n) is 3.76. The molecule has 0 bridgehead atoms. The van der Waals surface area contributed by atoms with Gasteiger partial charge in [0.1, 0.15) is 5.75 Å². The Morgan fingerprint density at radius 1 is 1.06 bits per heavy atom. The summed E-state index contributed by atoms with van der Waals surface area (Å²) in [6.45, 7) is 1.08. The van der Waals surface area contributed by atoms with Crippen molar-refractivity contribution in [2.75, 3.05) is 34.9 Å². The molecule has 9 heteroatoms. The lowest BCUT2D eigenvalue weighted by Crippen LogP contribution is -2.41. The van der Waals surface area contributed by atoms with Gasteiger partial charge in [0.2, 0.25) is 5.91 Å². The van der Waals surface area contributed by atoms with E-state index in [4.69, 9.17) is 9.47 Å². The Hall–Kier alpha value is -2.65. The van der Waals surface area contributed by atoms with Crippen LogP contribution >= 0.6 is 23.5 Å². The van der Waals surface area contributed by atoms with Crippen LogP contribution in [-0.2, 0) is 19.1 Å². The molecule has 1 atom stereocenters. The van der Waals surface area contributed by atoms with Gasteiger partial charge in [0.05, 0.1) is 16.0 Å². The monoisotopic (exact) mass is 486 g/mol. The standard InChI is InChI=1S/C24H26N2O5S2/c1-16-13-21(27)25-19-5-2-3-6-20(19)26(16)22(28)14-31-23(29)15-30-18-9-7-17(8-10-18)24-32-11-4-12-33-24/h2-3,5-10,16,24H,4,11-15H2,1H3,(H,25,27)/t16-/m0/s1. The highest BCUT2D eigenvalue weighted by Gasteiger charge is 2.30. The first-order valence-electron chi connectivity index (χ1n) is 10.8. The lowest BCUT2D eigenvalue weighted by Gasteiger charge is -2.27. The molecule has 4 rings (SSSR count). The average molecular weight is 487 g/mol. The summed E-state index contributed by atoms with van der Waals surface area (Å²) in [6, 6.07) is 14.5. The predicted octanol–water partition coefficient (Wildman–Crippen LogP) is 4.24. The zero-order valence-corrected chi connectivity index (χ0v) is 20.0. The van der Waals surface area contributed by atoms with Crippen LogP contribution in [0.2, 0.25) is 0 Å². The fourth-order valence-corrected chi connectivity index (χ4v) is 6.66. The van der Waals surface area contributed by atoms with Crippen LogP contribution in [0.25, 0.3) is 0 Å². The highest BCUT2D eigenvalue weighted by molar-refractivity contribution is 8.16. The molecule has 1 N–H and O–H groups in total. The molecule has 0 spiro atoms. The number of rotatable bonds is 6. The van der Waals surface area contributed by atoms with Crippen molar-refractivity contribution < 1.29 is 23.9 Å². The molecule has 0 unspecified atom stereocenters. The third-order valence-corrected chi connectivity index (χ3v) is 8.34. The summed E-state index contributed by atoms with van der Waals surface area (Å²) in [7, 11) is 0. The Morgan fingerprint density at radius 2 is 1.79 bits per heavy atom. The van der Waals surface area contributed by atoms with E-state index in [2.05, 4.69) is 5.32 Å². The highest BCUT2D eigenvalue weighted by Crippen LogP contribution is 2.43. The number of anilines is 2. The van der Waals surface area contributed by atoms with Gasteiger partial charge < -0.3 is 19.7 Å². The van der Waals surface area contributed by atoms with Crippen LogP contribution in [-0.4, -0.2) is 48.5 Å². The summed E-state index contributed by atoms with van der Waals surface area (Å²) < 4.78 is 11.1. The number of hydrogen-bond acceptors (Lipinski definition) is 7. The molecule has 7 nitrogen and oxygen atoms in total. The van der Waals surface area contributed by atoms with E-state index in [1.54, 1.807) is 31.2 Å². The molecule has 174 valence electrons. The van der Waals surface area contributed by atoms with Gasteiger partial charge in [0.25, 0.3) is 5.91 Å². The van der Waals surface area contributed by atoms with Gasteiger partial charge in [-0.25, -0.2) is 4.79 Å². The maximum Gasteiger partial charge on any atom is 0.344 e. The van der Waals surface area contributed by atoms with E-state index >= 15 is 0 Å². The van der Waals surface area contributed by atoms with Crippen molar-refractivity contribution in [1.82, 2.24) is 0 Å². The maximum atomic E-state index is 12.9.